The van der Waals surface area contributed by atoms with Crippen molar-refractivity contribution in [1.82, 2.24) is 20.0 Å². The van der Waals surface area contributed by atoms with Crippen LogP contribution in [0, 0.1) is 5.92 Å². The second-order valence-corrected chi connectivity index (χ2v) is 8.41. The number of carbonyl (C=O) groups excluding carboxylic acids is 1. The average molecular weight is 489 g/mol. The zero-order valence-electron chi connectivity index (χ0n) is 17.1. The van der Waals surface area contributed by atoms with Crippen LogP contribution in [-0.4, -0.2) is 85.5 Å². The highest BCUT2D eigenvalue weighted by atomic mass is 127. The van der Waals surface area contributed by atoms with E-state index in [-0.39, 0.29) is 36.4 Å². The lowest BCUT2D eigenvalue weighted by Gasteiger charge is -2.48. The maximum absolute atomic E-state index is 12.0. The van der Waals surface area contributed by atoms with Crippen molar-refractivity contribution >= 4 is 35.8 Å². The Bertz CT molecular complexity index is 561. The summed E-state index contributed by atoms with van der Waals surface area (Å²) in [4.78, 5) is 23.4. The minimum absolute atomic E-state index is 0. The van der Waals surface area contributed by atoms with E-state index in [4.69, 9.17) is 0 Å². The summed E-state index contributed by atoms with van der Waals surface area (Å²) in [5.41, 5.74) is 1.07. The van der Waals surface area contributed by atoms with Gasteiger partial charge in [-0.25, -0.2) is 4.99 Å². The van der Waals surface area contributed by atoms with Gasteiger partial charge in [0.15, 0.2) is 5.96 Å². The monoisotopic (exact) mass is 489 g/mol. The Labute approximate surface area is 181 Å². The minimum atomic E-state index is 0. The van der Waals surface area contributed by atoms with Crippen molar-refractivity contribution in [1.29, 1.82) is 0 Å². The molecular weight excluding hydrogens is 453 g/mol. The molecule has 2 atom stereocenters. The molecule has 2 saturated heterocycles. The lowest BCUT2D eigenvalue weighted by molar-refractivity contribution is -0.127. The molecule has 0 aromatic carbocycles. The van der Waals surface area contributed by atoms with Gasteiger partial charge in [0, 0.05) is 45.8 Å². The van der Waals surface area contributed by atoms with Gasteiger partial charge in [-0.1, -0.05) is 12.2 Å². The summed E-state index contributed by atoms with van der Waals surface area (Å²) in [6, 6.07) is 1.61. The van der Waals surface area contributed by atoms with Crippen LogP contribution >= 0.6 is 24.0 Å². The fourth-order valence-corrected chi connectivity index (χ4v) is 4.28. The van der Waals surface area contributed by atoms with E-state index >= 15 is 0 Å². The number of nitrogens with one attached hydrogen (secondary N) is 1. The van der Waals surface area contributed by atoms with Crippen LogP contribution in [-0.2, 0) is 4.79 Å². The van der Waals surface area contributed by atoms with Crippen molar-refractivity contribution in [3.63, 3.8) is 0 Å². The van der Waals surface area contributed by atoms with Crippen LogP contribution in [0.2, 0.25) is 0 Å². The molecule has 0 bridgehead atoms. The first-order valence-electron chi connectivity index (χ1n) is 10.1. The van der Waals surface area contributed by atoms with Gasteiger partial charge in [-0.05, 0) is 51.5 Å². The van der Waals surface area contributed by atoms with Crippen molar-refractivity contribution in [2.24, 2.45) is 10.9 Å². The highest BCUT2D eigenvalue weighted by Crippen LogP contribution is 2.38. The molecule has 0 aromatic heterocycles. The van der Waals surface area contributed by atoms with Gasteiger partial charge in [-0.2, -0.15) is 0 Å². The van der Waals surface area contributed by atoms with Gasteiger partial charge in [0.05, 0.1) is 0 Å². The fraction of sp³-hybridized carbons (Fsp3) is 0.800. The lowest BCUT2D eigenvalue weighted by Crippen LogP contribution is -2.57. The Morgan fingerprint density at radius 3 is 2.59 bits per heavy atom. The third kappa shape index (κ3) is 6.07. The van der Waals surface area contributed by atoms with Gasteiger partial charge in [-0.3, -0.25) is 9.69 Å². The topological polar surface area (TPSA) is 51.2 Å². The maximum Gasteiger partial charge on any atom is 0.243 e. The Kier molecular flexibility index (Phi) is 8.39. The third-order valence-electron chi connectivity index (χ3n) is 5.84. The number of hydrogen-bond acceptors (Lipinski definition) is 3. The molecule has 0 radical (unpaired) electrons. The standard InChI is InChI=1S/C20H35N5O.HI/c1-15(2)12-21-20(22-13-19(26)23(3)4)24-11-9-18-16(14-24)6-5-10-25(18)17-7-8-17;/h16-18H,1,5-14H2,2-4H3,(H,21,22);1H. The molecule has 7 heteroatoms. The van der Waals surface area contributed by atoms with E-state index in [1.807, 2.05) is 6.92 Å². The van der Waals surface area contributed by atoms with E-state index < -0.39 is 0 Å². The first kappa shape index (κ1) is 22.5. The van der Waals surface area contributed by atoms with Gasteiger partial charge in [0.25, 0.3) is 0 Å². The molecule has 0 aromatic rings. The number of likely N-dealkylation sites (N-methyl/N-ethyl adjacent to an activating group) is 1. The Morgan fingerprint density at radius 2 is 1.96 bits per heavy atom. The van der Waals surface area contributed by atoms with Crippen molar-refractivity contribution in [3.05, 3.63) is 12.2 Å². The summed E-state index contributed by atoms with van der Waals surface area (Å²) in [6.07, 6.45) is 6.63. The number of nitrogens with zero attached hydrogens (tertiary/aromatic N) is 4. The highest BCUT2D eigenvalue weighted by Gasteiger charge is 2.42. The number of aliphatic imine (C=N–C) groups is 1. The van der Waals surface area contributed by atoms with Crippen LogP contribution in [0.15, 0.2) is 17.1 Å². The number of likely N-dealkylation sites (tertiary alicyclic amines) is 2. The number of hydrogen-bond donors (Lipinski definition) is 1. The van der Waals surface area contributed by atoms with Gasteiger partial charge < -0.3 is 15.1 Å². The molecule has 2 unspecified atom stereocenters. The molecule has 1 N–H and O–H groups in total. The second kappa shape index (κ2) is 10.1. The van der Waals surface area contributed by atoms with Gasteiger partial charge in [-0.15, -0.1) is 24.0 Å². The summed E-state index contributed by atoms with van der Waals surface area (Å²) in [7, 11) is 3.55. The van der Waals surface area contributed by atoms with Crippen LogP contribution in [0.4, 0.5) is 0 Å². The molecule has 6 nitrogen and oxygen atoms in total. The molecule has 1 aliphatic carbocycles. The fourth-order valence-electron chi connectivity index (χ4n) is 4.28. The van der Waals surface area contributed by atoms with Crippen LogP contribution in [0.5, 0.6) is 0 Å². The molecule has 3 fully saturated rings. The summed E-state index contributed by atoms with van der Waals surface area (Å²) in [5.74, 6) is 1.62. The first-order chi connectivity index (χ1) is 12.5. The molecule has 2 aliphatic heterocycles. The van der Waals surface area contributed by atoms with E-state index in [2.05, 4.69) is 26.7 Å². The highest BCUT2D eigenvalue weighted by molar-refractivity contribution is 14.0. The van der Waals surface area contributed by atoms with Crippen LogP contribution in [0.3, 0.4) is 0 Å². The Morgan fingerprint density at radius 1 is 1.22 bits per heavy atom. The molecule has 1 amide bonds. The van der Waals surface area contributed by atoms with E-state index in [0.29, 0.717) is 6.54 Å². The number of carbonyl (C=O) groups is 1. The van der Waals surface area contributed by atoms with E-state index in [1.54, 1.807) is 19.0 Å². The SMILES string of the molecule is C=C(C)CNC(=NCC(=O)N(C)C)N1CCC2C(CCCN2C2CC2)C1.I. The summed E-state index contributed by atoms with van der Waals surface area (Å²) in [6.45, 7) is 10.2. The van der Waals surface area contributed by atoms with Crippen molar-refractivity contribution in [2.75, 3.05) is 46.8 Å². The lowest BCUT2D eigenvalue weighted by atomic mass is 9.83. The number of rotatable bonds is 5. The zero-order valence-corrected chi connectivity index (χ0v) is 19.4. The van der Waals surface area contributed by atoms with Crippen molar-refractivity contribution < 1.29 is 4.79 Å². The predicted molar refractivity (Wildman–Crippen MR) is 122 cm³/mol. The van der Waals surface area contributed by atoms with Crippen LogP contribution in [0.25, 0.3) is 0 Å². The quantitative estimate of drug-likeness (QED) is 0.279. The molecule has 27 heavy (non-hydrogen) atoms. The molecule has 3 rings (SSSR count). The number of fused-ring (bicyclic) bond motifs is 1. The predicted octanol–water partition coefficient (Wildman–Crippen LogP) is 2.16. The molecule has 0 spiro atoms. The summed E-state index contributed by atoms with van der Waals surface area (Å²) >= 11 is 0. The van der Waals surface area contributed by atoms with Crippen LogP contribution < -0.4 is 5.32 Å². The molecule has 154 valence electrons. The third-order valence-corrected chi connectivity index (χ3v) is 5.84. The molecule has 3 aliphatic rings. The Balaban J connectivity index is 0.00000261. The number of guanidine groups is 1. The smallest absolute Gasteiger partial charge is 0.243 e. The summed E-state index contributed by atoms with van der Waals surface area (Å²) in [5, 5.41) is 3.42. The maximum atomic E-state index is 12.0. The first-order valence-corrected chi connectivity index (χ1v) is 10.1. The van der Waals surface area contributed by atoms with Crippen LogP contribution in [0.1, 0.15) is 39.0 Å². The number of halogens is 1. The zero-order chi connectivity index (χ0) is 18.7. The average Bonchev–Trinajstić information content (AvgIpc) is 3.45. The molecular formula is C20H36IN5O. The largest absolute Gasteiger partial charge is 0.353 e. The number of piperidine rings is 2. The minimum Gasteiger partial charge on any atom is -0.353 e. The molecule has 2 heterocycles. The Hall–Kier alpha value is -0.830. The van der Waals surface area contributed by atoms with Gasteiger partial charge in [0.2, 0.25) is 5.91 Å². The number of amides is 1. The van der Waals surface area contributed by atoms with E-state index in [1.165, 1.54) is 38.6 Å². The summed E-state index contributed by atoms with van der Waals surface area (Å²) < 4.78 is 0. The normalized spacial score (nSPS) is 26.0. The van der Waals surface area contributed by atoms with E-state index in [0.717, 1.165) is 42.6 Å². The van der Waals surface area contributed by atoms with Gasteiger partial charge >= 0.3 is 0 Å². The van der Waals surface area contributed by atoms with Crippen molar-refractivity contribution in [2.45, 2.75) is 51.1 Å². The molecule has 1 saturated carbocycles. The second-order valence-electron chi connectivity index (χ2n) is 8.41. The van der Waals surface area contributed by atoms with Gasteiger partial charge in [0.1, 0.15) is 6.54 Å². The van der Waals surface area contributed by atoms with Crippen molar-refractivity contribution in [3.8, 4) is 0 Å². The van der Waals surface area contributed by atoms with E-state index in [9.17, 15) is 4.79 Å².